The van der Waals surface area contributed by atoms with Crippen LogP contribution < -0.4 is 5.32 Å². The molecule has 0 aliphatic heterocycles. The van der Waals surface area contributed by atoms with E-state index in [1.807, 2.05) is 13.8 Å². The molecule has 5 heteroatoms. The Morgan fingerprint density at radius 1 is 1.24 bits per heavy atom. The van der Waals surface area contributed by atoms with Gasteiger partial charge in [0, 0.05) is 18.0 Å². The summed E-state index contributed by atoms with van der Waals surface area (Å²) in [4.78, 5) is 8.71. The number of rotatable bonds is 5. The maximum Gasteiger partial charge on any atom is 0.137 e. The Balaban J connectivity index is 2.10. The predicted molar refractivity (Wildman–Crippen MR) is 84.3 cm³/mol. The molecule has 2 rings (SSSR count). The molecule has 1 heterocycles. The van der Waals surface area contributed by atoms with Crippen molar-refractivity contribution in [3.05, 3.63) is 52.2 Å². The zero-order chi connectivity index (χ0) is 15.4. The lowest BCUT2D eigenvalue weighted by Gasteiger charge is -2.17. The number of anilines is 1. The molecule has 0 saturated carbocycles. The molecule has 0 saturated heterocycles. The maximum absolute atomic E-state index is 12.9. The second-order valence-electron chi connectivity index (χ2n) is 5.13. The highest BCUT2D eigenvalue weighted by Gasteiger charge is 2.11. The van der Waals surface area contributed by atoms with Crippen LogP contribution in [0, 0.1) is 12.7 Å². The van der Waals surface area contributed by atoms with E-state index in [-0.39, 0.29) is 11.9 Å². The van der Waals surface area contributed by atoms with Gasteiger partial charge in [-0.1, -0.05) is 30.7 Å². The molecule has 0 amide bonds. The number of hydrogen-bond donors (Lipinski definition) is 1. The van der Waals surface area contributed by atoms with Crippen LogP contribution in [0.25, 0.3) is 0 Å². The molecule has 2 aromatic rings. The molecule has 0 aliphatic carbocycles. The third-order valence-electron chi connectivity index (χ3n) is 3.29. The highest BCUT2D eigenvalue weighted by Crippen LogP contribution is 2.21. The van der Waals surface area contributed by atoms with Crippen LogP contribution in [0.4, 0.5) is 10.2 Å². The van der Waals surface area contributed by atoms with Gasteiger partial charge >= 0.3 is 0 Å². The summed E-state index contributed by atoms with van der Waals surface area (Å²) < 4.78 is 12.9. The van der Waals surface area contributed by atoms with Gasteiger partial charge < -0.3 is 5.32 Å². The fraction of sp³-hybridized carbons (Fsp3) is 0.375. The first-order chi connectivity index (χ1) is 9.99. The van der Waals surface area contributed by atoms with Crippen molar-refractivity contribution in [1.82, 2.24) is 9.97 Å². The predicted octanol–water partition coefficient (Wildman–Crippen LogP) is 4.18. The van der Waals surface area contributed by atoms with E-state index < -0.39 is 0 Å². The van der Waals surface area contributed by atoms with Gasteiger partial charge in [0.25, 0.3) is 0 Å². The van der Waals surface area contributed by atoms with E-state index in [2.05, 4.69) is 22.2 Å². The van der Waals surface area contributed by atoms with E-state index in [1.165, 1.54) is 12.1 Å². The molecule has 1 aromatic heterocycles. The van der Waals surface area contributed by atoms with Crippen LogP contribution in [-0.4, -0.2) is 16.0 Å². The molecule has 1 atom stereocenters. The first-order valence-corrected chi connectivity index (χ1v) is 7.41. The van der Waals surface area contributed by atoms with Crippen LogP contribution in [-0.2, 0) is 12.8 Å². The summed E-state index contributed by atoms with van der Waals surface area (Å²) >= 11 is 6.13. The Morgan fingerprint density at radius 2 is 1.90 bits per heavy atom. The first kappa shape index (κ1) is 15.7. The smallest absolute Gasteiger partial charge is 0.137 e. The van der Waals surface area contributed by atoms with Gasteiger partial charge in [-0.2, -0.15) is 0 Å². The second-order valence-corrected chi connectivity index (χ2v) is 5.49. The summed E-state index contributed by atoms with van der Waals surface area (Å²) in [5.74, 6) is 1.27. The van der Waals surface area contributed by atoms with Crippen molar-refractivity contribution in [3.63, 3.8) is 0 Å². The molecular formula is C16H19ClFN3. The monoisotopic (exact) mass is 307 g/mol. The van der Waals surface area contributed by atoms with Crippen molar-refractivity contribution >= 4 is 17.4 Å². The maximum atomic E-state index is 12.9. The van der Waals surface area contributed by atoms with Crippen LogP contribution in [0.3, 0.4) is 0 Å². The quantitative estimate of drug-likeness (QED) is 0.842. The van der Waals surface area contributed by atoms with E-state index in [0.29, 0.717) is 5.15 Å². The molecule has 21 heavy (non-hydrogen) atoms. The van der Waals surface area contributed by atoms with Crippen LogP contribution in [0.1, 0.15) is 30.8 Å². The number of halogens is 2. The summed E-state index contributed by atoms with van der Waals surface area (Å²) in [6, 6.07) is 6.70. The molecule has 0 bridgehead atoms. The zero-order valence-electron chi connectivity index (χ0n) is 12.5. The van der Waals surface area contributed by atoms with Gasteiger partial charge in [0.1, 0.15) is 22.6 Å². The van der Waals surface area contributed by atoms with Crippen LogP contribution in [0.15, 0.2) is 24.3 Å². The average molecular weight is 308 g/mol. The van der Waals surface area contributed by atoms with Gasteiger partial charge in [0.2, 0.25) is 0 Å². The van der Waals surface area contributed by atoms with Crippen LogP contribution in [0.2, 0.25) is 5.15 Å². The minimum absolute atomic E-state index is 0.157. The lowest BCUT2D eigenvalue weighted by molar-refractivity contribution is 0.626. The number of nitrogens with one attached hydrogen (secondary N) is 1. The average Bonchev–Trinajstić information content (AvgIpc) is 2.46. The van der Waals surface area contributed by atoms with Gasteiger partial charge in [-0.3, -0.25) is 0 Å². The van der Waals surface area contributed by atoms with Crippen LogP contribution in [0.5, 0.6) is 0 Å². The summed E-state index contributed by atoms with van der Waals surface area (Å²) in [5.41, 5.74) is 1.92. The van der Waals surface area contributed by atoms with Crippen molar-refractivity contribution < 1.29 is 4.39 Å². The number of benzene rings is 1. The van der Waals surface area contributed by atoms with Gasteiger partial charge in [-0.15, -0.1) is 0 Å². The van der Waals surface area contributed by atoms with E-state index in [9.17, 15) is 4.39 Å². The lowest BCUT2D eigenvalue weighted by Crippen LogP contribution is -2.20. The summed E-state index contributed by atoms with van der Waals surface area (Å²) in [5, 5.41) is 3.84. The SMILES string of the molecule is CCc1nc(Cl)c(C)c(NC(C)Cc2ccc(F)cc2)n1. The fourth-order valence-corrected chi connectivity index (χ4v) is 2.28. The second kappa shape index (κ2) is 6.85. The van der Waals surface area contributed by atoms with Gasteiger partial charge in [0.15, 0.2) is 0 Å². The normalized spacial score (nSPS) is 12.2. The molecule has 1 N–H and O–H groups in total. The molecule has 3 nitrogen and oxygen atoms in total. The fourth-order valence-electron chi connectivity index (χ4n) is 2.09. The number of aryl methyl sites for hydroxylation is 1. The van der Waals surface area contributed by atoms with E-state index in [1.54, 1.807) is 12.1 Å². The Hall–Kier alpha value is -1.68. The molecular weight excluding hydrogens is 289 g/mol. The summed E-state index contributed by atoms with van der Waals surface area (Å²) in [6.45, 7) is 5.95. The summed E-state index contributed by atoms with van der Waals surface area (Å²) in [7, 11) is 0. The standard InChI is InChI=1S/C16H19ClFN3/c1-4-14-20-15(17)11(3)16(21-14)19-10(2)9-12-5-7-13(18)8-6-12/h5-8,10H,4,9H2,1-3H3,(H,19,20,21). The molecule has 0 fully saturated rings. The molecule has 0 spiro atoms. The van der Waals surface area contributed by atoms with Gasteiger partial charge in [-0.25, -0.2) is 14.4 Å². The van der Waals surface area contributed by atoms with Crippen molar-refractivity contribution in [2.24, 2.45) is 0 Å². The Bertz CT molecular complexity index is 614. The highest BCUT2D eigenvalue weighted by molar-refractivity contribution is 6.30. The minimum Gasteiger partial charge on any atom is -0.367 e. The molecule has 0 radical (unpaired) electrons. The minimum atomic E-state index is -0.217. The van der Waals surface area contributed by atoms with E-state index >= 15 is 0 Å². The third kappa shape index (κ3) is 4.14. The van der Waals surface area contributed by atoms with Crippen molar-refractivity contribution in [2.45, 2.75) is 39.7 Å². The Kier molecular flexibility index (Phi) is 5.12. The highest BCUT2D eigenvalue weighted by atomic mass is 35.5. The van der Waals surface area contributed by atoms with Crippen molar-refractivity contribution in [1.29, 1.82) is 0 Å². The number of nitrogens with zero attached hydrogens (tertiary/aromatic N) is 2. The Morgan fingerprint density at radius 3 is 2.52 bits per heavy atom. The largest absolute Gasteiger partial charge is 0.367 e. The third-order valence-corrected chi connectivity index (χ3v) is 3.66. The molecule has 112 valence electrons. The van der Waals surface area contributed by atoms with Crippen LogP contribution >= 0.6 is 11.6 Å². The Labute approximate surface area is 129 Å². The number of hydrogen-bond acceptors (Lipinski definition) is 3. The van der Waals surface area contributed by atoms with E-state index in [4.69, 9.17) is 11.6 Å². The van der Waals surface area contributed by atoms with Gasteiger partial charge in [-0.05, 0) is 38.0 Å². The zero-order valence-corrected chi connectivity index (χ0v) is 13.2. The van der Waals surface area contributed by atoms with Crippen molar-refractivity contribution in [2.75, 3.05) is 5.32 Å². The van der Waals surface area contributed by atoms with E-state index in [0.717, 1.165) is 35.6 Å². The first-order valence-electron chi connectivity index (χ1n) is 7.03. The topological polar surface area (TPSA) is 37.8 Å². The van der Waals surface area contributed by atoms with Crippen molar-refractivity contribution in [3.8, 4) is 0 Å². The lowest BCUT2D eigenvalue weighted by atomic mass is 10.1. The molecule has 0 aliphatic rings. The molecule has 1 aromatic carbocycles. The van der Waals surface area contributed by atoms with Gasteiger partial charge in [0.05, 0.1) is 0 Å². The molecule has 1 unspecified atom stereocenters. The summed E-state index contributed by atoms with van der Waals surface area (Å²) in [6.07, 6.45) is 1.52. The number of aromatic nitrogens is 2.